The number of hydrogen-bond acceptors (Lipinski definition) is 2. The van der Waals surface area contributed by atoms with Gasteiger partial charge in [-0.3, -0.25) is 0 Å². The van der Waals surface area contributed by atoms with Crippen molar-refractivity contribution in [1.29, 1.82) is 0 Å². The Morgan fingerprint density at radius 1 is 0.339 bits per heavy atom. The summed E-state index contributed by atoms with van der Waals surface area (Å²) in [4.78, 5) is 5.37. The first-order valence-corrected chi connectivity index (χ1v) is 20.1. The largest absolute Gasteiger partial charge is 0.455 e. The maximum Gasteiger partial charge on any atom is 0.144 e. The molecule has 13 rings (SSSR count). The van der Waals surface area contributed by atoms with E-state index in [0.29, 0.717) is 0 Å². The minimum atomic E-state index is 0.890. The first-order valence-electron chi connectivity index (χ1n) is 20.1. The van der Waals surface area contributed by atoms with Gasteiger partial charge in [-0.2, -0.15) is 0 Å². The van der Waals surface area contributed by atoms with Crippen LogP contribution in [-0.4, -0.2) is 14.1 Å². The molecule has 4 heteroatoms. The fourth-order valence-corrected chi connectivity index (χ4v) is 9.70. The van der Waals surface area contributed by atoms with Crippen molar-refractivity contribution < 1.29 is 4.42 Å². The molecule has 0 amide bonds. The number of aromatic nitrogens is 3. The molecular formula is C55H33N3O. The van der Waals surface area contributed by atoms with Gasteiger partial charge < -0.3 is 13.6 Å². The summed E-state index contributed by atoms with van der Waals surface area (Å²) in [7, 11) is 0. The van der Waals surface area contributed by atoms with E-state index in [1.54, 1.807) is 0 Å². The average molecular weight is 752 g/mol. The number of nitrogens with zero attached hydrogens (tertiary/aromatic N) is 3. The first kappa shape index (κ1) is 32.2. The van der Waals surface area contributed by atoms with E-state index in [2.05, 4.69) is 203 Å². The van der Waals surface area contributed by atoms with Crippen LogP contribution in [0.25, 0.3) is 121 Å². The van der Waals surface area contributed by atoms with Gasteiger partial charge in [-0.25, -0.2) is 4.98 Å². The van der Waals surface area contributed by atoms with Crippen molar-refractivity contribution in [3.05, 3.63) is 200 Å². The monoisotopic (exact) mass is 751 g/mol. The Balaban J connectivity index is 1.09. The van der Waals surface area contributed by atoms with Crippen LogP contribution < -0.4 is 0 Å². The second kappa shape index (κ2) is 12.3. The molecule has 0 fully saturated rings. The standard InChI is InChI=1S/C55H33N3O/c1-7-22-47-45(21-1)53-46(29-28-44-43-20-6-12-27-52(43)59-55(44)53)54(56-47)35-15-13-14-34(30-35)36-31-37(57-48-23-8-2-16-39(48)40-17-3-9-24-49(40)57)33-38(32-36)58-50-25-10-4-18-41(50)42-19-5-11-26-51(42)58/h1-33H. The highest BCUT2D eigenvalue weighted by atomic mass is 16.3. The summed E-state index contributed by atoms with van der Waals surface area (Å²) < 4.78 is 11.5. The Hall–Kier alpha value is -7.95. The lowest BCUT2D eigenvalue weighted by Crippen LogP contribution is -2.00. The Morgan fingerprint density at radius 3 is 1.44 bits per heavy atom. The average Bonchev–Trinajstić information content (AvgIpc) is 3.96. The highest BCUT2D eigenvalue weighted by Gasteiger charge is 2.20. The zero-order valence-electron chi connectivity index (χ0n) is 31.8. The highest BCUT2D eigenvalue weighted by molar-refractivity contribution is 6.24. The van der Waals surface area contributed by atoms with Crippen molar-refractivity contribution in [2.45, 2.75) is 0 Å². The van der Waals surface area contributed by atoms with Crippen LogP contribution in [0.3, 0.4) is 0 Å². The summed E-state index contributed by atoms with van der Waals surface area (Å²) in [6.07, 6.45) is 0. The van der Waals surface area contributed by atoms with Crippen LogP contribution in [0.4, 0.5) is 0 Å². The highest BCUT2D eigenvalue weighted by Crippen LogP contribution is 2.42. The van der Waals surface area contributed by atoms with Crippen molar-refractivity contribution in [3.8, 4) is 33.8 Å². The Bertz CT molecular complexity index is 3620. The number of pyridine rings is 1. The molecule has 4 aromatic heterocycles. The lowest BCUT2D eigenvalue weighted by Gasteiger charge is -2.16. The third-order valence-corrected chi connectivity index (χ3v) is 12.3. The molecule has 0 aliphatic carbocycles. The third-order valence-electron chi connectivity index (χ3n) is 12.3. The topological polar surface area (TPSA) is 35.9 Å². The van der Waals surface area contributed by atoms with E-state index in [1.807, 2.05) is 6.07 Å². The number of furan rings is 1. The van der Waals surface area contributed by atoms with Gasteiger partial charge in [0, 0.05) is 65.4 Å². The fourth-order valence-electron chi connectivity index (χ4n) is 9.70. The lowest BCUT2D eigenvalue weighted by molar-refractivity contribution is 0.673. The van der Waals surface area contributed by atoms with E-state index < -0.39 is 0 Å². The van der Waals surface area contributed by atoms with Crippen molar-refractivity contribution in [3.63, 3.8) is 0 Å². The van der Waals surface area contributed by atoms with Gasteiger partial charge in [0.1, 0.15) is 11.2 Å². The Labute approximate surface area is 338 Å². The SMILES string of the molecule is c1cc(-c2cc(-n3c4ccccc4c4ccccc43)cc(-n3c4ccccc4c4ccccc43)c2)cc(-c2nc3ccccc3c3c2ccc2c4ccccc4oc23)c1. The third kappa shape index (κ3) is 4.69. The molecule has 0 radical (unpaired) electrons. The van der Waals surface area contributed by atoms with Gasteiger partial charge in [-0.1, -0.05) is 133 Å². The van der Waals surface area contributed by atoms with Gasteiger partial charge in [-0.15, -0.1) is 0 Å². The van der Waals surface area contributed by atoms with Crippen molar-refractivity contribution >= 4 is 87.2 Å². The number of benzene rings is 9. The summed E-state index contributed by atoms with van der Waals surface area (Å²) in [5, 5.41) is 10.4. The predicted molar refractivity (Wildman–Crippen MR) is 246 cm³/mol. The molecule has 9 aromatic carbocycles. The van der Waals surface area contributed by atoms with Crippen LogP contribution in [0.5, 0.6) is 0 Å². The van der Waals surface area contributed by atoms with E-state index in [1.165, 1.54) is 43.6 Å². The van der Waals surface area contributed by atoms with E-state index in [9.17, 15) is 0 Å². The second-order valence-corrected chi connectivity index (χ2v) is 15.5. The summed E-state index contributed by atoms with van der Waals surface area (Å²) in [6, 6.07) is 72.0. The molecule has 59 heavy (non-hydrogen) atoms. The number of para-hydroxylation sites is 6. The molecule has 0 saturated heterocycles. The van der Waals surface area contributed by atoms with Gasteiger partial charge in [0.2, 0.25) is 0 Å². The van der Waals surface area contributed by atoms with Gasteiger partial charge in [0.25, 0.3) is 0 Å². The zero-order chi connectivity index (χ0) is 38.6. The first-order chi connectivity index (χ1) is 29.3. The van der Waals surface area contributed by atoms with Crippen LogP contribution >= 0.6 is 0 Å². The molecule has 0 bridgehead atoms. The summed E-state index contributed by atoms with van der Waals surface area (Å²) in [5.74, 6) is 0. The summed E-state index contributed by atoms with van der Waals surface area (Å²) >= 11 is 0. The molecule has 0 aliphatic heterocycles. The normalized spacial score (nSPS) is 12.1. The molecule has 274 valence electrons. The Kier molecular flexibility index (Phi) is 6.69. The number of rotatable bonds is 4. The summed E-state index contributed by atoms with van der Waals surface area (Å²) in [6.45, 7) is 0. The molecule has 13 aromatic rings. The maximum absolute atomic E-state index is 6.64. The van der Waals surface area contributed by atoms with E-state index in [-0.39, 0.29) is 0 Å². The molecule has 4 nitrogen and oxygen atoms in total. The molecule has 0 aliphatic rings. The van der Waals surface area contributed by atoms with Crippen molar-refractivity contribution in [2.24, 2.45) is 0 Å². The van der Waals surface area contributed by atoms with E-state index in [0.717, 1.165) is 77.4 Å². The van der Waals surface area contributed by atoms with Gasteiger partial charge in [0.15, 0.2) is 0 Å². The van der Waals surface area contributed by atoms with Crippen molar-refractivity contribution in [1.82, 2.24) is 14.1 Å². The Morgan fingerprint density at radius 2 is 0.831 bits per heavy atom. The summed E-state index contributed by atoms with van der Waals surface area (Å²) in [5.41, 5.74) is 13.9. The van der Waals surface area contributed by atoms with E-state index in [4.69, 9.17) is 9.40 Å². The molecule has 0 saturated carbocycles. The second-order valence-electron chi connectivity index (χ2n) is 15.5. The molecule has 0 N–H and O–H groups in total. The van der Waals surface area contributed by atoms with E-state index >= 15 is 0 Å². The van der Waals surface area contributed by atoms with Gasteiger partial charge >= 0.3 is 0 Å². The minimum Gasteiger partial charge on any atom is -0.455 e. The quantitative estimate of drug-likeness (QED) is 0.168. The predicted octanol–water partition coefficient (Wildman–Crippen LogP) is 14.8. The van der Waals surface area contributed by atoms with Crippen LogP contribution in [-0.2, 0) is 0 Å². The van der Waals surface area contributed by atoms with Crippen molar-refractivity contribution in [2.75, 3.05) is 0 Å². The van der Waals surface area contributed by atoms with Gasteiger partial charge in [-0.05, 0) is 77.9 Å². The molecule has 0 atom stereocenters. The minimum absolute atomic E-state index is 0.890. The molecule has 0 unspecified atom stereocenters. The van der Waals surface area contributed by atoms with Crippen LogP contribution in [0, 0.1) is 0 Å². The smallest absolute Gasteiger partial charge is 0.144 e. The lowest BCUT2D eigenvalue weighted by atomic mass is 9.95. The molecule has 0 spiro atoms. The maximum atomic E-state index is 6.64. The number of hydrogen-bond donors (Lipinski definition) is 0. The zero-order valence-corrected chi connectivity index (χ0v) is 31.8. The van der Waals surface area contributed by atoms with Gasteiger partial charge in [0.05, 0.1) is 33.3 Å². The molecular weight excluding hydrogens is 719 g/mol. The molecule has 4 heterocycles. The number of fused-ring (bicyclic) bond motifs is 13. The van der Waals surface area contributed by atoms with Crippen LogP contribution in [0.15, 0.2) is 205 Å². The fraction of sp³-hybridized carbons (Fsp3) is 0. The van der Waals surface area contributed by atoms with Crippen LogP contribution in [0.2, 0.25) is 0 Å². The van der Waals surface area contributed by atoms with Crippen LogP contribution in [0.1, 0.15) is 0 Å².